The van der Waals surface area contributed by atoms with Gasteiger partial charge in [-0.1, -0.05) is 13.3 Å². The molecule has 0 aliphatic rings. The van der Waals surface area contributed by atoms with Crippen LogP contribution in [0.15, 0.2) is 5.22 Å². The van der Waals surface area contributed by atoms with Crippen LogP contribution in [0.1, 0.15) is 19.8 Å². The van der Waals surface area contributed by atoms with Crippen LogP contribution in [0.5, 0.6) is 0 Å². The van der Waals surface area contributed by atoms with E-state index in [4.69, 9.17) is 11.4 Å². The number of unbranched alkanes of at least 4 members (excludes halogenated alkanes) is 1. The maximum atomic E-state index is 7.87. The van der Waals surface area contributed by atoms with Crippen LogP contribution in [0.4, 0.5) is 0 Å². The van der Waals surface area contributed by atoms with E-state index in [-0.39, 0.29) is 0 Å². The van der Waals surface area contributed by atoms with E-state index in [0.29, 0.717) is 6.54 Å². The third-order valence-corrected chi connectivity index (χ3v) is 0.896. The Morgan fingerprint density at radius 2 is 2.44 bits per heavy atom. The van der Waals surface area contributed by atoms with Gasteiger partial charge < -0.3 is 0 Å². The summed E-state index contributed by atoms with van der Waals surface area (Å²) in [7, 11) is 0. The normalized spacial score (nSPS) is 8.22. The average Bonchev–Trinajstić information content (AvgIpc) is 1.85. The minimum atomic E-state index is 0.626. The fourth-order valence-corrected chi connectivity index (χ4v) is 0.416. The Morgan fingerprint density at radius 1 is 1.78 bits per heavy atom. The van der Waals surface area contributed by atoms with Gasteiger partial charge in [-0.3, -0.25) is 0 Å². The molecule has 0 aromatic heterocycles. The summed E-state index contributed by atoms with van der Waals surface area (Å²) in [4.78, 5) is 2.51. The number of rotatable bonds is 4. The zero-order valence-corrected chi connectivity index (χ0v) is 5.49. The van der Waals surface area contributed by atoms with Crippen LogP contribution in [0, 0.1) is 0 Å². The van der Waals surface area contributed by atoms with Crippen molar-refractivity contribution in [2.75, 3.05) is 6.54 Å². The average molecular weight is 129 g/mol. The summed E-state index contributed by atoms with van der Waals surface area (Å²) in [6, 6.07) is 0. The van der Waals surface area contributed by atoms with Crippen LogP contribution in [-0.2, 0) is 0 Å². The van der Waals surface area contributed by atoms with Gasteiger partial charge in [0, 0.05) is 5.22 Å². The van der Waals surface area contributed by atoms with Crippen LogP contribution < -0.4 is 5.84 Å². The summed E-state index contributed by atoms with van der Waals surface area (Å²) in [5, 5.41) is 4.25. The van der Waals surface area contributed by atoms with Crippen molar-refractivity contribution >= 4 is 0 Å². The van der Waals surface area contributed by atoms with Crippen molar-refractivity contribution in [3.05, 3.63) is 10.4 Å². The Hall–Kier alpha value is -0.930. The van der Waals surface area contributed by atoms with Crippen molar-refractivity contribution in [1.29, 1.82) is 0 Å². The molecule has 0 radical (unpaired) electrons. The number of hydrazine groups is 1. The second-order valence-corrected chi connectivity index (χ2v) is 1.70. The molecule has 0 aromatic rings. The molecule has 0 bridgehead atoms. The van der Waals surface area contributed by atoms with Crippen molar-refractivity contribution in [3.63, 3.8) is 0 Å². The molecule has 0 saturated carbocycles. The highest BCUT2D eigenvalue weighted by molar-refractivity contribution is 4.42. The standard InChI is InChI=1S/C4H11N5/c1-2-3-4-9(6)8-7-5/h2-4,6H2,1H3. The van der Waals surface area contributed by atoms with Gasteiger partial charge in [0.1, 0.15) is 6.54 Å². The molecule has 0 spiro atoms. The van der Waals surface area contributed by atoms with E-state index in [1.807, 2.05) is 6.92 Å². The Morgan fingerprint density at radius 3 is 2.89 bits per heavy atom. The zero-order valence-electron chi connectivity index (χ0n) is 5.49. The van der Waals surface area contributed by atoms with E-state index in [9.17, 15) is 0 Å². The van der Waals surface area contributed by atoms with E-state index in [2.05, 4.69) is 10.1 Å². The topological polar surface area (TPSA) is 78.0 Å². The monoisotopic (exact) mass is 129 g/mol. The van der Waals surface area contributed by atoms with E-state index < -0.39 is 0 Å². The van der Waals surface area contributed by atoms with Crippen LogP contribution in [-0.4, -0.2) is 11.7 Å². The van der Waals surface area contributed by atoms with Crippen molar-refractivity contribution < 1.29 is 0 Å². The van der Waals surface area contributed by atoms with E-state index >= 15 is 0 Å². The van der Waals surface area contributed by atoms with Crippen molar-refractivity contribution in [1.82, 2.24) is 5.12 Å². The molecule has 9 heavy (non-hydrogen) atoms. The molecule has 0 aromatic carbocycles. The van der Waals surface area contributed by atoms with E-state index in [1.54, 1.807) is 0 Å². The number of azide groups is 1. The molecule has 0 aliphatic heterocycles. The summed E-state index contributed by atoms with van der Waals surface area (Å²) < 4.78 is 0. The van der Waals surface area contributed by atoms with E-state index in [1.165, 1.54) is 0 Å². The van der Waals surface area contributed by atoms with Crippen molar-refractivity contribution in [2.24, 2.45) is 11.1 Å². The smallest absolute Gasteiger partial charge is 0.109 e. The molecule has 52 valence electrons. The molecule has 0 heterocycles. The van der Waals surface area contributed by atoms with Crippen LogP contribution in [0.2, 0.25) is 0 Å². The first kappa shape index (κ1) is 8.07. The molecular weight excluding hydrogens is 118 g/mol. The second kappa shape index (κ2) is 5.21. The van der Waals surface area contributed by atoms with E-state index in [0.717, 1.165) is 18.0 Å². The third-order valence-electron chi connectivity index (χ3n) is 0.896. The third kappa shape index (κ3) is 4.93. The SMILES string of the molecule is CCCCN(N)N=[N+]=[N-]. The molecule has 0 unspecified atom stereocenters. The molecule has 5 nitrogen and oxygen atoms in total. The maximum Gasteiger partial charge on any atom is 0.109 e. The lowest BCUT2D eigenvalue weighted by Gasteiger charge is -2.02. The summed E-state index contributed by atoms with van der Waals surface area (Å²) >= 11 is 0. The van der Waals surface area contributed by atoms with Gasteiger partial charge in [-0.05, 0) is 6.42 Å². The summed E-state index contributed by atoms with van der Waals surface area (Å²) in [5.41, 5.74) is 7.87. The molecule has 0 saturated heterocycles. The molecule has 2 N–H and O–H groups in total. The predicted molar refractivity (Wildman–Crippen MR) is 34.9 cm³/mol. The highest BCUT2D eigenvalue weighted by Gasteiger charge is 1.92. The fourth-order valence-electron chi connectivity index (χ4n) is 0.416. The Bertz CT molecular complexity index is 106. The Balaban J connectivity index is 3.26. The highest BCUT2D eigenvalue weighted by Crippen LogP contribution is 1.88. The number of nitrogens with two attached hydrogens (primary N) is 1. The van der Waals surface area contributed by atoms with Gasteiger partial charge in [-0.2, -0.15) is 15.9 Å². The molecule has 0 amide bonds. The highest BCUT2D eigenvalue weighted by atomic mass is 15.7. The maximum absolute atomic E-state index is 7.87. The molecule has 0 fully saturated rings. The number of hydrogen-bond donors (Lipinski definition) is 1. The number of hydrogen-bond acceptors (Lipinski definition) is 2. The van der Waals surface area contributed by atoms with Crippen molar-refractivity contribution in [3.8, 4) is 0 Å². The first-order valence-electron chi connectivity index (χ1n) is 2.88. The quantitative estimate of drug-likeness (QED) is 0.203. The van der Waals surface area contributed by atoms with Crippen LogP contribution in [0.3, 0.4) is 0 Å². The lowest BCUT2D eigenvalue weighted by atomic mass is 10.3. The van der Waals surface area contributed by atoms with Gasteiger partial charge in [0.25, 0.3) is 0 Å². The molecule has 0 atom stereocenters. The summed E-state index contributed by atoms with van der Waals surface area (Å²) in [5.74, 6) is 5.18. The van der Waals surface area contributed by atoms with Crippen molar-refractivity contribution in [2.45, 2.75) is 19.8 Å². The Kier molecular flexibility index (Phi) is 4.67. The minimum absolute atomic E-state index is 0.626. The second-order valence-electron chi connectivity index (χ2n) is 1.70. The molecule has 5 heteroatoms. The van der Waals surface area contributed by atoms with Gasteiger partial charge >= 0.3 is 0 Å². The van der Waals surface area contributed by atoms with Gasteiger partial charge in [0.2, 0.25) is 0 Å². The molecule has 0 aliphatic carbocycles. The molecule has 0 rings (SSSR count). The zero-order chi connectivity index (χ0) is 7.11. The lowest BCUT2D eigenvalue weighted by molar-refractivity contribution is 0.288. The minimum Gasteiger partial charge on any atom is -0.172 e. The van der Waals surface area contributed by atoms with Gasteiger partial charge in [-0.15, -0.1) is 5.53 Å². The first-order valence-corrected chi connectivity index (χ1v) is 2.88. The fraction of sp³-hybridized carbons (Fsp3) is 1.00. The van der Waals surface area contributed by atoms with Gasteiger partial charge in [-0.25, -0.2) is 0 Å². The van der Waals surface area contributed by atoms with Crippen LogP contribution >= 0.6 is 0 Å². The predicted octanol–water partition coefficient (Wildman–Crippen LogP) is 1.19. The Labute approximate surface area is 54.0 Å². The largest absolute Gasteiger partial charge is 0.172 e. The summed E-state index contributed by atoms with van der Waals surface area (Å²) in [6.07, 6.45) is 2.00. The summed E-state index contributed by atoms with van der Waals surface area (Å²) in [6.45, 7) is 2.67. The van der Waals surface area contributed by atoms with Gasteiger partial charge in [0.15, 0.2) is 0 Å². The first-order chi connectivity index (χ1) is 4.31. The molecular formula is C4H11N5. The number of nitrogens with zero attached hydrogens (tertiary/aromatic N) is 4. The van der Waals surface area contributed by atoms with Crippen LogP contribution in [0.25, 0.3) is 10.4 Å². The van der Waals surface area contributed by atoms with Gasteiger partial charge in [0.05, 0.1) is 0 Å². The lowest BCUT2D eigenvalue weighted by Crippen LogP contribution is -2.25.